The smallest absolute Gasteiger partial charge is 0.252 e. The van der Waals surface area contributed by atoms with Crippen LogP contribution in [-0.2, 0) is 12.2 Å². The summed E-state index contributed by atoms with van der Waals surface area (Å²) in [6, 6.07) is 10.0. The fraction of sp³-hybridized carbons (Fsp3) is 0.267. The van der Waals surface area contributed by atoms with Gasteiger partial charge in [-0.15, -0.1) is 10.2 Å². The van der Waals surface area contributed by atoms with Gasteiger partial charge in [-0.2, -0.15) is 0 Å². The van der Waals surface area contributed by atoms with Crippen LogP contribution in [-0.4, -0.2) is 19.6 Å². The Morgan fingerprint density at radius 3 is 2.90 bits per heavy atom. The van der Waals surface area contributed by atoms with Crippen LogP contribution in [0.5, 0.6) is 0 Å². The maximum atomic E-state index is 11.5. The molecule has 0 atom stereocenters. The van der Waals surface area contributed by atoms with Gasteiger partial charge in [0.15, 0.2) is 5.16 Å². The number of nitrogens with one attached hydrogen (secondary N) is 1. The molecule has 0 spiro atoms. The van der Waals surface area contributed by atoms with E-state index in [4.69, 9.17) is 0 Å². The summed E-state index contributed by atoms with van der Waals surface area (Å²) in [6.45, 7) is 4.10. The van der Waals surface area contributed by atoms with Gasteiger partial charge in [0.2, 0.25) is 5.78 Å². The molecule has 0 unspecified atom stereocenters. The van der Waals surface area contributed by atoms with Crippen LogP contribution >= 0.6 is 11.8 Å². The van der Waals surface area contributed by atoms with Gasteiger partial charge >= 0.3 is 0 Å². The normalized spacial score (nSPS) is 11.1. The summed E-state index contributed by atoms with van der Waals surface area (Å²) in [7, 11) is 0. The van der Waals surface area contributed by atoms with E-state index >= 15 is 0 Å². The molecule has 0 radical (unpaired) electrons. The van der Waals surface area contributed by atoms with Crippen LogP contribution < -0.4 is 5.56 Å². The first kappa shape index (κ1) is 13.9. The number of benzene rings is 1. The Morgan fingerprint density at radius 1 is 1.29 bits per heavy atom. The third kappa shape index (κ3) is 2.85. The molecular weight excluding hydrogens is 284 g/mol. The highest BCUT2D eigenvalue weighted by Gasteiger charge is 2.11. The Morgan fingerprint density at radius 2 is 2.14 bits per heavy atom. The summed E-state index contributed by atoms with van der Waals surface area (Å²) in [4.78, 5) is 14.3. The summed E-state index contributed by atoms with van der Waals surface area (Å²) >= 11 is 1.62. The van der Waals surface area contributed by atoms with Crippen LogP contribution in [0.3, 0.4) is 0 Å². The van der Waals surface area contributed by atoms with E-state index in [0.717, 1.165) is 23.0 Å². The van der Waals surface area contributed by atoms with Crippen molar-refractivity contribution in [3.05, 3.63) is 57.5 Å². The highest BCUT2D eigenvalue weighted by molar-refractivity contribution is 7.98. The molecule has 0 fully saturated rings. The maximum absolute atomic E-state index is 11.5. The third-order valence-corrected chi connectivity index (χ3v) is 4.27. The molecule has 6 heteroatoms. The Balaban J connectivity index is 1.92. The third-order valence-electron chi connectivity index (χ3n) is 3.27. The molecule has 5 nitrogen and oxygen atoms in total. The number of aromatic nitrogens is 4. The predicted octanol–water partition coefficient (Wildman–Crippen LogP) is 2.58. The zero-order valence-corrected chi connectivity index (χ0v) is 12.8. The van der Waals surface area contributed by atoms with Gasteiger partial charge in [-0.05, 0) is 18.9 Å². The van der Waals surface area contributed by atoms with Crippen molar-refractivity contribution in [3.63, 3.8) is 0 Å². The topological polar surface area (TPSA) is 63.0 Å². The molecule has 1 N–H and O–H groups in total. The first-order valence-corrected chi connectivity index (χ1v) is 7.81. The quantitative estimate of drug-likeness (QED) is 0.752. The van der Waals surface area contributed by atoms with Crippen LogP contribution in [0.25, 0.3) is 5.78 Å². The first-order valence-electron chi connectivity index (χ1n) is 6.83. The van der Waals surface area contributed by atoms with Crippen LogP contribution in [0.2, 0.25) is 0 Å². The number of H-pyrrole nitrogens is 1. The molecule has 0 saturated carbocycles. The second-order valence-electron chi connectivity index (χ2n) is 4.90. The van der Waals surface area contributed by atoms with Crippen molar-refractivity contribution >= 4 is 17.5 Å². The Kier molecular flexibility index (Phi) is 3.79. The van der Waals surface area contributed by atoms with Crippen molar-refractivity contribution < 1.29 is 0 Å². The van der Waals surface area contributed by atoms with Crippen LogP contribution in [0.4, 0.5) is 0 Å². The van der Waals surface area contributed by atoms with Crippen molar-refractivity contribution in [2.45, 2.75) is 31.2 Å². The van der Waals surface area contributed by atoms with Crippen LogP contribution in [0.15, 0.2) is 40.3 Å². The fourth-order valence-corrected chi connectivity index (χ4v) is 3.18. The summed E-state index contributed by atoms with van der Waals surface area (Å²) in [5, 5.41) is 9.05. The van der Waals surface area contributed by atoms with Gasteiger partial charge in [0.1, 0.15) is 0 Å². The van der Waals surface area contributed by atoms with Crippen molar-refractivity contribution in [3.8, 4) is 0 Å². The zero-order chi connectivity index (χ0) is 14.8. The SMILES string of the molecule is CCc1cc(=O)[nH]c2nnc(SCc3cccc(C)c3)n12. The van der Waals surface area contributed by atoms with Crippen molar-refractivity contribution in [2.75, 3.05) is 0 Å². The maximum Gasteiger partial charge on any atom is 0.252 e. The van der Waals surface area contributed by atoms with E-state index in [1.54, 1.807) is 17.8 Å². The summed E-state index contributed by atoms with van der Waals surface area (Å²) in [5.74, 6) is 1.33. The van der Waals surface area contributed by atoms with Gasteiger partial charge in [-0.25, -0.2) is 0 Å². The molecule has 0 saturated heterocycles. The minimum Gasteiger partial charge on any atom is -0.291 e. The fourth-order valence-electron chi connectivity index (χ4n) is 2.28. The van der Waals surface area contributed by atoms with E-state index in [1.165, 1.54) is 11.1 Å². The number of hydrogen-bond acceptors (Lipinski definition) is 4. The molecule has 2 heterocycles. The van der Waals surface area contributed by atoms with Gasteiger partial charge in [-0.1, -0.05) is 48.5 Å². The summed E-state index contributed by atoms with van der Waals surface area (Å²) < 4.78 is 1.92. The average molecular weight is 300 g/mol. The average Bonchev–Trinajstić information content (AvgIpc) is 2.87. The molecule has 0 aliphatic rings. The number of aryl methyl sites for hydroxylation is 2. The van der Waals surface area contributed by atoms with Gasteiger partial charge in [0.05, 0.1) is 0 Å². The van der Waals surface area contributed by atoms with E-state index in [2.05, 4.69) is 46.4 Å². The van der Waals surface area contributed by atoms with Crippen molar-refractivity contribution in [1.29, 1.82) is 0 Å². The monoisotopic (exact) mass is 300 g/mol. The minimum absolute atomic E-state index is 0.137. The van der Waals surface area contributed by atoms with Crippen LogP contribution in [0, 0.1) is 6.92 Å². The lowest BCUT2D eigenvalue weighted by Gasteiger charge is -2.05. The number of fused-ring (bicyclic) bond motifs is 1. The van der Waals surface area contributed by atoms with Crippen molar-refractivity contribution in [2.24, 2.45) is 0 Å². The lowest BCUT2D eigenvalue weighted by Crippen LogP contribution is -2.11. The standard InChI is InChI=1S/C15H16N4OS/c1-3-12-8-13(20)16-14-17-18-15(19(12)14)21-9-11-6-4-5-10(2)7-11/h4-8H,3,9H2,1-2H3,(H,16,17,20). The molecule has 2 aromatic heterocycles. The van der Waals surface area contributed by atoms with Gasteiger partial charge in [-0.3, -0.25) is 14.2 Å². The highest BCUT2D eigenvalue weighted by atomic mass is 32.2. The number of nitrogens with zero attached hydrogens (tertiary/aromatic N) is 3. The molecule has 21 heavy (non-hydrogen) atoms. The Labute approximate surface area is 126 Å². The number of hydrogen-bond donors (Lipinski definition) is 1. The molecular formula is C15H16N4OS. The number of thioether (sulfide) groups is 1. The Hall–Kier alpha value is -2.08. The van der Waals surface area contributed by atoms with E-state index in [0.29, 0.717) is 5.78 Å². The molecule has 3 rings (SSSR count). The largest absolute Gasteiger partial charge is 0.291 e. The van der Waals surface area contributed by atoms with E-state index in [-0.39, 0.29) is 5.56 Å². The minimum atomic E-state index is -0.137. The molecule has 0 aliphatic heterocycles. The predicted molar refractivity (Wildman–Crippen MR) is 83.7 cm³/mol. The molecule has 0 bridgehead atoms. The molecule has 3 aromatic rings. The van der Waals surface area contributed by atoms with E-state index < -0.39 is 0 Å². The molecule has 0 aliphatic carbocycles. The number of aromatic amines is 1. The number of rotatable bonds is 4. The van der Waals surface area contributed by atoms with Gasteiger partial charge < -0.3 is 0 Å². The van der Waals surface area contributed by atoms with E-state index in [1.807, 2.05) is 11.3 Å². The molecule has 108 valence electrons. The molecule has 1 aromatic carbocycles. The van der Waals surface area contributed by atoms with E-state index in [9.17, 15) is 4.79 Å². The van der Waals surface area contributed by atoms with Gasteiger partial charge in [0, 0.05) is 17.5 Å². The first-order chi connectivity index (χ1) is 10.2. The summed E-state index contributed by atoms with van der Waals surface area (Å²) in [6.07, 6.45) is 0.760. The van der Waals surface area contributed by atoms with Crippen molar-refractivity contribution in [1.82, 2.24) is 19.6 Å². The Bertz CT molecular complexity index is 837. The lowest BCUT2D eigenvalue weighted by molar-refractivity contribution is 0.850. The zero-order valence-electron chi connectivity index (χ0n) is 12.0. The summed E-state index contributed by atoms with van der Waals surface area (Å²) in [5.41, 5.74) is 3.28. The highest BCUT2D eigenvalue weighted by Crippen LogP contribution is 2.22. The lowest BCUT2D eigenvalue weighted by atomic mass is 10.2. The second kappa shape index (κ2) is 5.73. The van der Waals surface area contributed by atoms with Gasteiger partial charge in [0.25, 0.3) is 5.56 Å². The molecule has 0 amide bonds. The second-order valence-corrected chi connectivity index (χ2v) is 5.84. The van der Waals surface area contributed by atoms with Crippen LogP contribution in [0.1, 0.15) is 23.7 Å².